The van der Waals surface area contributed by atoms with Gasteiger partial charge < -0.3 is 15.4 Å². The molecule has 128 valence electrons. The van der Waals surface area contributed by atoms with Gasteiger partial charge in [0.05, 0.1) is 18.8 Å². The second kappa shape index (κ2) is 7.00. The number of aryl methyl sites for hydroxylation is 3. The average molecular weight is 329 g/mol. The van der Waals surface area contributed by atoms with Gasteiger partial charge in [-0.1, -0.05) is 0 Å². The number of pyridine rings is 1. The Morgan fingerprint density at radius 3 is 3.00 bits per heavy atom. The number of carbonyl (C=O) groups is 1. The molecule has 3 heterocycles. The molecule has 1 amide bonds. The summed E-state index contributed by atoms with van der Waals surface area (Å²) >= 11 is 0. The number of nitrogen functional groups attached to an aromatic ring is 1. The van der Waals surface area contributed by atoms with Crippen molar-refractivity contribution in [3.05, 3.63) is 41.5 Å². The summed E-state index contributed by atoms with van der Waals surface area (Å²) in [5.74, 6) is 0.130. The molecular formula is C17H23N5O2. The summed E-state index contributed by atoms with van der Waals surface area (Å²) < 4.78 is 7.60. The minimum Gasteiger partial charge on any atom is -0.399 e. The Kier molecular flexibility index (Phi) is 4.80. The highest BCUT2D eigenvalue weighted by Crippen LogP contribution is 2.23. The standard InChI is InChI=1S/C17H23N5O2/c1-12-9-13(18)10-15(20-12)16-11-22(7-8-24-16)17(23)4-3-14-5-6-19-21(14)2/h5-6,9-10,16H,3-4,7-8,11H2,1-2H3,(H2,18,20). The lowest BCUT2D eigenvalue weighted by Gasteiger charge is -2.33. The first-order valence-corrected chi connectivity index (χ1v) is 8.13. The van der Waals surface area contributed by atoms with E-state index in [1.807, 2.05) is 37.1 Å². The number of carbonyl (C=O) groups excluding carboxylic acids is 1. The van der Waals surface area contributed by atoms with Crippen molar-refractivity contribution in [2.45, 2.75) is 25.9 Å². The van der Waals surface area contributed by atoms with E-state index < -0.39 is 0 Å². The van der Waals surface area contributed by atoms with Gasteiger partial charge in [-0.15, -0.1) is 0 Å². The molecule has 0 aromatic carbocycles. The number of aromatic nitrogens is 3. The van der Waals surface area contributed by atoms with Crippen LogP contribution in [0.4, 0.5) is 5.69 Å². The van der Waals surface area contributed by atoms with E-state index in [2.05, 4.69) is 10.1 Å². The Morgan fingerprint density at radius 2 is 2.29 bits per heavy atom. The van der Waals surface area contributed by atoms with Crippen molar-refractivity contribution in [2.75, 3.05) is 25.4 Å². The topological polar surface area (TPSA) is 86.3 Å². The first-order chi connectivity index (χ1) is 11.5. The lowest BCUT2D eigenvalue weighted by molar-refractivity contribution is -0.139. The van der Waals surface area contributed by atoms with Gasteiger partial charge in [0.1, 0.15) is 6.10 Å². The molecule has 1 unspecified atom stereocenters. The molecule has 2 aromatic heterocycles. The van der Waals surface area contributed by atoms with Crippen LogP contribution in [-0.4, -0.2) is 45.3 Å². The zero-order chi connectivity index (χ0) is 17.1. The molecule has 1 aliphatic heterocycles. The van der Waals surface area contributed by atoms with Crippen molar-refractivity contribution < 1.29 is 9.53 Å². The van der Waals surface area contributed by atoms with E-state index in [1.54, 1.807) is 10.9 Å². The molecule has 3 rings (SSSR count). The number of ether oxygens (including phenoxy) is 1. The predicted octanol–water partition coefficient (Wildman–Crippen LogP) is 1.24. The van der Waals surface area contributed by atoms with Gasteiger partial charge >= 0.3 is 0 Å². The summed E-state index contributed by atoms with van der Waals surface area (Å²) in [4.78, 5) is 18.9. The minimum absolute atomic E-state index is 0.130. The summed E-state index contributed by atoms with van der Waals surface area (Å²) in [6.07, 6.45) is 2.68. The smallest absolute Gasteiger partial charge is 0.223 e. The molecule has 1 atom stereocenters. The van der Waals surface area contributed by atoms with Gasteiger partial charge in [-0.2, -0.15) is 5.10 Å². The summed E-state index contributed by atoms with van der Waals surface area (Å²) in [6.45, 7) is 3.54. The van der Waals surface area contributed by atoms with Gasteiger partial charge in [-0.05, 0) is 31.5 Å². The highest BCUT2D eigenvalue weighted by Gasteiger charge is 2.26. The van der Waals surface area contributed by atoms with E-state index in [9.17, 15) is 4.79 Å². The Balaban J connectivity index is 1.62. The highest BCUT2D eigenvalue weighted by atomic mass is 16.5. The average Bonchev–Trinajstić information content (AvgIpc) is 2.97. The highest BCUT2D eigenvalue weighted by molar-refractivity contribution is 5.76. The van der Waals surface area contributed by atoms with Crippen molar-refractivity contribution in [2.24, 2.45) is 7.05 Å². The largest absolute Gasteiger partial charge is 0.399 e. The lowest BCUT2D eigenvalue weighted by Crippen LogP contribution is -2.42. The molecule has 1 fully saturated rings. The van der Waals surface area contributed by atoms with E-state index in [-0.39, 0.29) is 12.0 Å². The van der Waals surface area contributed by atoms with Gasteiger partial charge in [-0.3, -0.25) is 14.5 Å². The summed E-state index contributed by atoms with van der Waals surface area (Å²) in [5.41, 5.74) is 9.26. The van der Waals surface area contributed by atoms with E-state index in [4.69, 9.17) is 10.5 Å². The number of anilines is 1. The third-order valence-electron chi connectivity index (χ3n) is 4.26. The zero-order valence-corrected chi connectivity index (χ0v) is 14.1. The van der Waals surface area contributed by atoms with Gasteiger partial charge in [0, 0.05) is 43.3 Å². The third-order valence-corrected chi connectivity index (χ3v) is 4.26. The fraction of sp³-hybridized carbons (Fsp3) is 0.471. The van der Waals surface area contributed by atoms with Crippen molar-refractivity contribution in [3.8, 4) is 0 Å². The Hall–Kier alpha value is -2.41. The first-order valence-electron chi connectivity index (χ1n) is 8.13. The van der Waals surface area contributed by atoms with Crippen LogP contribution in [0.25, 0.3) is 0 Å². The zero-order valence-electron chi connectivity index (χ0n) is 14.1. The molecule has 1 aliphatic rings. The predicted molar refractivity (Wildman–Crippen MR) is 90.2 cm³/mol. The maximum atomic E-state index is 12.5. The monoisotopic (exact) mass is 329 g/mol. The van der Waals surface area contributed by atoms with E-state index >= 15 is 0 Å². The third kappa shape index (κ3) is 3.73. The minimum atomic E-state index is -0.221. The molecule has 2 N–H and O–H groups in total. The lowest BCUT2D eigenvalue weighted by atomic mass is 10.1. The van der Waals surface area contributed by atoms with Gasteiger partial charge in [-0.25, -0.2) is 0 Å². The molecule has 0 aliphatic carbocycles. The number of nitrogens with zero attached hydrogens (tertiary/aromatic N) is 4. The van der Waals surface area contributed by atoms with E-state index in [1.165, 1.54) is 0 Å². The second-order valence-electron chi connectivity index (χ2n) is 6.11. The van der Waals surface area contributed by atoms with Crippen LogP contribution >= 0.6 is 0 Å². The molecule has 1 saturated heterocycles. The van der Waals surface area contributed by atoms with Crippen molar-refractivity contribution in [1.29, 1.82) is 0 Å². The summed E-state index contributed by atoms with van der Waals surface area (Å²) in [5, 5.41) is 4.13. The fourth-order valence-corrected chi connectivity index (χ4v) is 2.98. The second-order valence-corrected chi connectivity index (χ2v) is 6.11. The van der Waals surface area contributed by atoms with Crippen molar-refractivity contribution >= 4 is 11.6 Å². The number of hydrogen-bond acceptors (Lipinski definition) is 5. The molecule has 24 heavy (non-hydrogen) atoms. The van der Waals surface area contributed by atoms with Crippen LogP contribution in [0.3, 0.4) is 0 Å². The molecule has 0 saturated carbocycles. The summed E-state index contributed by atoms with van der Waals surface area (Å²) in [6, 6.07) is 5.58. The Morgan fingerprint density at radius 1 is 1.46 bits per heavy atom. The number of amides is 1. The van der Waals surface area contributed by atoms with Gasteiger partial charge in [0.15, 0.2) is 0 Å². The molecule has 0 spiro atoms. The molecule has 0 bridgehead atoms. The van der Waals surface area contributed by atoms with E-state index in [0.717, 1.165) is 17.1 Å². The van der Waals surface area contributed by atoms with Gasteiger partial charge in [0.2, 0.25) is 5.91 Å². The van der Waals surface area contributed by atoms with Crippen LogP contribution in [-0.2, 0) is 23.0 Å². The Bertz CT molecular complexity index is 707. The van der Waals surface area contributed by atoms with Crippen molar-refractivity contribution in [3.63, 3.8) is 0 Å². The first kappa shape index (κ1) is 16.4. The quantitative estimate of drug-likeness (QED) is 0.912. The summed E-state index contributed by atoms with van der Waals surface area (Å²) in [7, 11) is 1.89. The number of morpholine rings is 1. The molecule has 2 aromatic rings. The van der Waals surface area contributed by atoms with Crippen LogP contribution in [0.5, 0.6) is 0 Å². The number of rotatable bonds is 4. The normalized spacial score (nSPS) is 17.9. The maximum Gasteiger partial charge on any atom is 0.223 e. The molecule has 7 heteroatoms. The number of nitrogens with two attached hydrogens (primary N) is 1. The fourth-order valence-electron chi connectivity index (χ4n) is 2.98. The number of hydrogen-bond donors (Lipinski definition) is 1. The van der Waals surface area contributed by atoms with Crippen LogP contribution in [0, 0.1) is 6.92 Å². The van der Waals surface area contributed by atoms with Crippen LogP contribution in [0.1, 0.15) is 29.6 Å². The molecular weight excluding hydrogens is 306 g/mol. The van der Waals surface area contributed by atoms with Crippen LogP contribution in [0.15, 0.2) is 24.4 Å². The van der Waals surface area contributed by atoms with Crippen molar-refractivity contribution in [1.82, 2.24) is 19.7 Å². The molecule has 7 nitrogen and oxygen atoms in total. The molecule has 0 radical (unpaired) electrons. The maximum absolute atomic E-state index is 12.5. The SMILES string of the molecule is Cc1cc(N)cc(C2CN(C(=O)CCc3ccnn3C)CCO2)n1. The van der Waals surface area contributed by atoms with E-state index in [0.29, 0.717) is 38.2 Å². The van der Waals surface area contributed by atoms with Gasteiger partial charge in [0.25, 0.3) is 0 Å². The van der Waals surface area contributed by atoms with Crippen LogP contribution in [0.2, 0.25) is 0 Å². The Labute approximate surface area is 141 Å². The van der Waals surface area contributed by atoms with Crippen LogP contribution < -0.4 is 5.73 Å².